The molecule has 5 nitrogen and oxygen atoms in total. The monoisotopic (exact) mass is 384 g/mol. The van der Waals surface area contributed by atoms with E-state index in [2.05, 4.69) is 17.4 Å². The molecular formula is C22H25FN2O3. The molecule has 1 atom stereocenters. The molecule has 0 aliphatic carbocycles. The van der Waals surface area contributed by atoms with Gasteiger partial charge in [-0.15, -0.1) is 0 Å². The molecule has 1 heterocycles. The Hall–Kier alpha value is -2.89. The molecule has 1 aliphatic heterocycles. The standard InChI is InChI=1S/C22H25FN2O3/c1-16(11-12-17-7-3-2-4-8-17)24-22(27)18-13-25(14-18)21(26)15-28-20-10-6-5-9-19(20)23/h2-10,16,18H,11-15H2,1H3,(H,24,27)/t16-/m1/s1. The minimum Gasteiger partial charge on any atom is -0.481 e. The molecule has 2 amide bonds. The zero-order valence-corrected chi connectivity index (χ0v) is 15.9. The van der Waals surface area contributed by atoms with E-state index in [9.17, 15) is 14.0 Å². The summed E-state index contributed by atoms with van der Waals surface area (Å²) in [4.78, 5) is 26.0. The van der Waals surface area contributed by atoms with E-state index >= 15 is 0 Å². The van der Waals surface area contributed by atoms with Gasteiger partial charge in [0, 0.05) is 19.1 Å². The summed E-state index contributed by atoms with van der Waals surface area (Å²) in [7, 11) is 0. The average molecular weight is 384 g/mol. The third kappa shape index (κ3) is 5.31. The van der Waals surface area contributed by atoms with Crippen LogP contribution < -0.4 is 10.1 Å². The Kier molecular flexibility index (Phi) is 6.63. The van der Waals surface area contributed by atoms with Crippen LogP contribution in [0.2, 0.25) is 0 Å². The maximum Gasteiger partial charge on any atom is 0.260 e. The summed E-state index contributed by atoms with van der Waals surface area (Å²) in [5.74, 6) is -0.917. The van der Waals surface area contributed by atoms with Crippen LogP contribution >= 0.6 is 0 Å². The molecule has 28 heavy (non-hydrogen) atoms. The predicted octanol–water partition coefficient (Wildman–Crippen LogP) is 2.80. The third-order valence-corrected chi connectivity index (χ3v) is 4.89. The molecule has 148 valence electrons. The first-order valence-electron chi connectivity index (χ1n) is 9.52. The van der Waals surface area contributed by atoms with E-state index in [0.717, 1.165) is 12.8 Å². The second-order valence-electron chi connectivity index (χ2n) is 7.15. The van der Waals surface area contributed by atoms with E-state index in [1.54, 1.807) is 17.0 Å². The van der Waals surface area contributed by atoms with Crippen LogP contribution in [0.1, 0.15) is 18.9 Å². The number of halogens is 1. The number of carbonyl (C=O) groups is 2. The smallest absolute Gasteiger partial charge is 0.260 e. The lowest BCUT2D eigenvalue weighted by atomic mass is 9.98. The highest BCUT2D eigenvalue weighted by atomic mass is 19.1. The third-order valence-electron chi connectivity index (χ3n) is 4.89. The number of nitrogens with zero attached hydrogens (tertiary/aromatic N) is 1. The number of aryl methyl sites for hydroxylation is 1. The number of para-hydroxylation sites is 1. The molecule has 2 aromatic carbocycles. The van der Waals surface area contributed by atoms with Crippen LogP contribution in [0.3, 0.4) is 0 Å². The Morgan fingerprint density at radius 3 is 2.54 bits per heavy atom. The van der Waals surface area contributed by atoms with Crippen molar-refractivity contribution in [2.45, 2.75) is 25.8 Å². The number of hydrogen-bond acceptors (Lipinski definition) is 3. The summed E-state index contributed by atoms with van der Waals surface area (Å²) in [6.07, 6.45) is 1.77. The van der Waals surface area contributed by atoms with E-state index in [1.807, 2.05) is 25.1 Å². The van der Waals surface area contributed by atoms with Gasteiger partial charge in [0.25, 0.3) is 5.91 Å². The van der Waals surface area contributed by atoms with Crippen molar-refractivity contribution in [3.63, 3.8) is 0 Å². The van der Waals surface area contributed by atoms with Crippen molar-refractivity contribution in [1.29, 1.82) is 0 Å². The van der Waals surface area contributed by atoms with Gasteiger partial charge in [0.2, 0.25) is 5.91 Å². The van der Waals surface area contributed by atoms with Gasteiger partial charge in [0.15, 0.2) is 18.2 Å². The summed E-state index contributed by atoms with van der Waals surface area (Å²) in [5, 5.41) is 3.02. The summed E-state index contributed by atoms with van der Waals surface area (Å²) < 4.78 is 18.7. The van der Waals surface area contributed by atoms with E-state index in [4.69, 9.17) is 4.74 Å². The van der Waals surface area contributed by atoms with Crippen molar-refractivity contribution in [3.8, 4) is 5.75 Å². The van der Waals surface area contributed by atoms with Crippen molar-refractivity contribution in [3.05, 3.63) is 66.0 Å². The van der Waals surface area contributed by atoms with Crippen molar-refractivity contribution < 1.29 is 18.7 Å². The second kappa shape index (κ2) is 9.35. The van der Waals surface area contributed by atoms with Crippen molar-refractivity contribution in [2.24, 2.45) is 5.92 Å². The minimum absolute atomic E-state index is 0.0281. The lowest BCUT2D eigenvalue weighted by Gasteiger charge is -2.38. The highest BCUT2D eigenvalue weighted by Crippen LogP contribution is 2.19. The quantitative estimate of drug-likeness (QED) is 0.761. The summed E-state index contributed by atoms with van der Waals surface area (Å²) >= 11 is 0. The van der Waals surface area contributed by atoms with Crippen LogP contribution in [0, 0.1) is 11.7 Å². The van der Waals surface area contributed by atoms with Gasteiger partial charge < -0.3 is 15.0 Å². The van der Waals surface area contributed by atoms with Crippen LogP contribution in [0.5, 0.6) is 5.75 Å². The minimum atomic E-state index is -0.499. The SMILES string of the molecule is C[C@H](CCc1ccccc1)NC(=O)C1CN(C(=O)COc2ccccc2F)C1. The molecule has 0 spiro atoms. The van der Waals surface area contributed by atoms with Gasteiger partial charge in [-0.25, -0.2) is 4.39 Å². The van der Waals surface area contributed by atoms with E-state index in [-0.39, 0.29) is 36.1 Å². The number of rotatable bonds is 8. The first-order chi connectivity index (χ1) is 13.5. The first kappa shape index (κ1) is 19.9. The fourth-order valence-electron chi connectivity index (χ4n) is 3.10. The molecule has 0 aromatic heterocycles. The van der Waals surface area contributed by atoms with E-state index < -0.39 is 5.82 Å². The highest BCUT2D eigenvalue weighted by Gasteiger charge is 2.36. The molecule has 2 aromatic rings. The van der Waals surface area contributed by atoms with Gasteiger partial charge in [-0.1, -0.05) is 42.5 Å². The molecular weight excluding hydrogens is 359 g/mol. The normalized spacial score (nSPS) is 14.9. The van der Waals surface area contributed by atoms with Gasteiger partial charge in [-0.3, -0.25) is 9.59 Å². The Labute approximate surface area is 164 Å². The van der Waals surface area contributed by atoms with E-state index in [1.165, 1.54) is 17.7 Å². The number of carbonyl (C=O) groups excluding carboxylic acids is 2. The molecule has 1 aliphatic rings. The number of amides is 2. The number of nitrogens with one attached hydrogen (secondary N) is 1. The van der Waals surface area contributed by atoms with Gasteiger partial charge >= 0.3 is 0 Å². The van der Waals surface area contributed by atoms with Gasteiger partial charge in [0.05, 0.1) is 5.92 Å². The average Bonchev–Trinajstić information content (AvgIpc) is 2.65. The van der Waals surface area contributed by atoms with Crippen LogP contribution in [0.25, 0.3) is 0 Å². The Bertz CT molecular complexity index is 806. The maximum atomic E-state index is 13.5. The molecule has 1 saturated heterocycles. The molecule has 1 fully saturated rings. The molecule has 3 rings (SSSR count). The Morgan fingerprint density at radius 2 is 1.82 bits per heavy atom. The summed E-state index contributed by atoms with van der Waals surface area (Å²) in [5.41, 5.74) is 1.25. The van der Waals surface area contributed by atoms with Crippen molar-refractivity contribution in [1.82, 2.24) is 10.2 Å². The van der Waals surface area contributed by atoms with Crippen LogP contribution in [0.4, 0.5) is 4.39 Å². The number of ether oxygens (including phenoxy) is 1. The first-order valence-corrected chi connectivity index (χ1v) is 9.52. The number of hydrogen-bond donors (Lipinski definition) is 1. The lowest BCUT2D eigenvalue weighted by Crippen LogP contribution is -2.57. The topological polar surface area (TPSA) is 58.6 Å². The molecule has 6 heteroatoms. The highest BCUT2D eigenvalue weighted by molar-refractivity contribution is 5.85. The van der Waals surface area contributed by atoms with Crippen molar-refractivity contribution in [2.75, 3.05) is 19.7 Å². The zero-order valence-electron chi connectivity index (χ0n) is 15.9. The van der Waals surface area contributed by atoms with Gasteiger partial charge in [-0.2, -0.15) is 0 Å². The molecule has 0 bridgehead atoms. The lowest BCUT2D eigenvalue weighted by molar-refractivity contribution is -0.144. The van der Waals surface area contributed by atoms with E-state index in [0.29, 0.717) is 13.1 Å². The summed E-state index contributed by atoms with van der Waals surface area (Å²) in [6, 6.07) is 16.2. The largest absolute Gasteiger partial charge is 0.481 e. The van der Waals surface area contributed by atoms with Crippen LogP contribution in [-0.4, -0.2) is 42.5 Å². The predicted molar refractivity (Wildman–Crippen MR) is 104 cm³/mol. The number of likely N-dealkylation sites (tertiary alicyclic amines) is 1. The molecule has 0 unspecified atom stereocenters. The zero-order chi connectivity index (χ0) is 19.9. The summed E-state index contributed by atoms with van der Waals surface area (Å²) in [6.45, 7) is 2.50. The van der Waals surface area contributed by atoms with Crippen molar-refractivity contribution >= 4 is 11.8 Å². The molecule has 0 radical (unpaired) electrons. The fourth-order valence-corrected chi connectivity index (χ4v) is 3.10. The second-order valence-corrected chi connectivity index (χ2v) is 7.15. The molecule has 0 saturated carbocycles. The van der Waals surface area contributed by atoms with Gasteiger partial charge in [-0.05, 0) is 37.5 Å². The Morgan fingerprint density at radius 1 is 1.14 bits per heavy atom. The number of benzene rings is 2. The maximum absolute atomic E-state index is 13.5. The molecule has 1 N–H and O–H groups in total. The Balaban J connectivity index is 1.35. The van der Waals surface area contributed by atoms with Crippen LogP contribution in [0.15, 0.2) is 54.6 Å². The van der Waals surface area contributed by atoms with Crippen LogP contribution in [-0.2, 0) is 16.0 Å². The van der Waals surface area contributed by atoms with Gasteiger partial charge in [0.1, 0.15) is 0 Å². The fraction of sp³-hybridized carbons (Fsp3) is 0.364.